The number of rotatable bonds is 6. The van der Waals surface area contributed by atoms with E-state index in [1.807, 2.05) is 0 Å². The van der Waals surface area contributed by atoms with Crippen molar-refractivity contribution >= 4 is 39.1 Å². The lowest BCUT2D eigenvalue weighted by Gasteiger charge is -2.33. The number of nitrogens with zero attached hydrogens (tertiary/aromatic N) is 1. The Morgan fingerprint density at radius 2 is 1.77 bits per heavy atom. The largest absolute Gasteiger partial charge is 0.481 e. The summed E-state index contributed by atoms with van der Waals surface area (Å²) in [5.74, 6) is -0.258. The van der Waals surface area contributed by atoms with Gasteiger partial charge in [-0.15, -0.1) is 0 Å². The number of sulfonamides is 1. The molecule has 2 aromatic carbocycles. The van der Waals surface area contributed by atoms with Crippen LogP contribution in [0.2, 0.25) is 10.0 Å². The van der Waals surface area contributed by atoms with Crippen molar-refractivity contribution in [1.82, 2.24) is 9.62 Å². The molecule has 1 fully saturated rings. The topological polar surface area (TPSA) is 75.7 Å². The SMILES string of the molecule is CC(Oc1ccc(Cl)c(Cl)c1)C(=O)N1CCC(NS(=O)(=O)c2ccc(F)cc2)CC1. The van der Waals surface area contributed by atoms with Crippen LogP contribution in [0.15, 0.2) is 47.4 Å². The summed E-state index contributed by atoms with van der Waals surface area (Å²) in [6.45, 7) is 2.43. The van der Waals surface area contributed by atoms with Gasteiger partial charge in [0.25, 0.3) is 5.91 Å². The molecule has 1 unspecified atom stereocenters. The molecule has 162 valence electrons. The molecule has 3 rings (SSSR count). The predicted octanol–water partition coefficient (Wildman–Crippen LogP) is 3.87. The second-order valence-corrected chi connectivity index (χ2v) is 9.54. The Kier molecular flexibility index (Phi) is 7.23. The summed E-state index contributed by atoms with van der Waals surface area (Å²) in [5, 5.41) is 0.733. The van der Waals surface area contributed by atoms with Crippen LogP contribution < -0.4 is 9.46 Å². The van der Waals surface area contributed by atoms with E-state index in [1.54, 1.807) is 30.0 Å². The average Bonchev–Trinajstić information content (AvgIpc) is 2.71. The molecule has 6 nitrogen and oxygen atoms in total. The van der Waals surface area contributed by atoms with Gasteiger partial charge in [-0.1, -0.05) is 23.2 Å². The number of piperidine rings is 1. The monoisotopic (exact) mass is 474 g/mol. The summed E-state index contributed by atoms with van der Waals surface area (Å²) in [5.41, 5.74) is 0. The fourth-order valence-electron chi connectivity index (χ4n) is 3.18. The number of carbonyl (C=O) groups is 1. The number of hydrogen-bond acceptors (Lipinski definition) is 4. The summed E-state index contributed by atoms with van der Waals surface area (Å²) in [4.78, 5) is 14.3. The molecule has 0 bridgehead atoms. The molecular formula is C20H21Cl2FN2O4S. The number of hydrogen-bond donors (Lipinski definition) is 1. The van der Waals surface area contributed by atoms with Gasteiger partial charge in [-0.3, -0.25) is 4.79 Å². The van der Waals surface area contributed by atoms with Crippen LogP contribution in [0, 0.1) is 5.82 Å². The molecule has 1 aliphatic heterocycles. The predicted molar refractivity (Wildman–Crippen MR) is 113 cm³/mol. The van der Waals surface area contributed by atoms with Crippen molar-refractivity contribution < 1.29 is 22.3 Å². The van der Waals surface area contributed by atoms with Gasteiger partial charge in [-0.25, -0.2) is 17.5 Å². The number of carbonyl (C=O) groups excluding carboxylic acids is 1. The van der Waals surface area contributed by atoms with E-state index in [2.05, 4.69) is 4.72 Å². The molecular weight excluding hydrogens is 454 g/mol. The van der Waals surface area contributed by atoms with Gasteiger partial charge in [-0.05, 0) is 56.2 Å². The second-order valence-electron chi connectivity index (χ2n) is 7.01. The van der Waals surface area contributed by atoms with Crippen molar-refractivity contribution in [2.24, 2.45) is 0 Å². The molecule has 1 saturated heterocycles. The van der Waals surface area contributed by atoms with Gasteiger partial charge in [0, 0.05) is 25.2 Å². The van der Waals surface area contributed by atoms with Crippen LogP contribution >= 0.6 is 23.2 Å². The highest BCUT2D eigenvalue weighted by atomic mass is 35.5. The zero-order valence-electron chi connectivity index (χ0n) is 16.1. The lowest BCUT2D eigenvalue weighted by molar-refractivity contribution is -0.139. The Morgan fingerprint density at radius 3 is 2.37 bits per heavy atom. The summed E-state index contributed by atoms with van der Waals surface area (Å²) >= 11 is 11.8. The third-order valence-corrected chi connectivity index (χ3v) is 7.08. The summed E-state index contributed by atoms with van der Waals surface area (Å²) in [6, 6.07) is 9.11. The number of likely N-dealkylation sites (tertiary alicyclic amines) is 1. The van der Waals surface area contributed by atoms with Gasteiger partial charge >= 0.3 is 0 Å². The molecule has 2 aromatic rings. The normalized spacial score (nSPS) is 16.3. The van der Waals surface area contributed by atoms with Gasteiger partial charge in [0.1, 0.15) is 11.6 Å². The van der Waals surface area contributed by atoms with Crippen LogP contribution in [0.3, 0.4) is 0 Å². The maximum atomic E-state index is 13.0. The standard InChI is InChI=1S/C20H21Cl2FN2O4S/c1-13(29-16-4-7-18(21)19(22)12-16)20(26)25-10-8-15(9-11-25)24-30(27,28)17-5-2-14(23)3-6-17/h2-7,12-13,15,24H,8-11H2,1H3. The highest BCUT2D eigenvalue weighted by molar-refractivity contribution is 7.89. The third-order valence-electron chi connectivity index (χ3n) is 4.80. The Hall–Kier alpha value is -1.87. The number of ether oxygens (including phenoxy) is 1. The van der Waals surface area contributed by atoms with E-state index in [0.717, 1.165) is 12.1 Å². The van der Waals surface area contributed by atoms with E-state index < -0.39 is 21.9 Å². The van der Waals surface area contributed by atoms with Crippen LogP contribution in [0.4, 0.5) is 4.39 Å². The number of amides is 1. The summed E-state index contributed by atoms with van der Waals surface area (Å²) in [6.07, 6.45) is 0.201. The first-order valence-electron chi connectivity index (χ1n) is 9.34. The number of nitrogens with one attached hydrogen (secondary N) is 1. The van der Waals surface area contributed by atoms with Gasteiger partial charge in [0.15, 0.2) is 6.10 Å². The first kappa shape index (κ1) is 22.8. The fraction of sp³-hybridized carbons (Fsp3) is 0.350. The van der Waals surface area contributed by atoms with Crippen LogP contribution in [0.5, 0.6) is 5.75 Å². The number of benzene rings is 2. The van der Waals surface area contributed by atoms with Gasteiger partial charge in [-0.2, -0.15) is 0 Å². The van der Waals surface area contributed by atoms with E-state index in [1.165, 1.54) is 12.1 Å². The van der Waals surface area contributed by atoms with Crippen molar-refractivity contribution in [2.45, 2.75) is 36.8 Å². The second kappa shape index (κ2) is 9.51. The van der Waals surface area contributed by atoms with E-state index >= 15 is 0 Å². The lowest BCUT2D eigenvalue weighted by Crippen LogP contribution is -2.49. The van der Waals surface area contributed by atoms with Crippen molar-refractivity contribution in [1.29, 1.82) is 0 Å². The molecule has 10 heteroatoms. The Morgan fingerprint density at radius 1 is 1.13 bits per heavy atom. The van der Waals surface area contributed by atoms with E-state index in [-0.39, 0.29) is 16.8 Å². The lowest BCUT2D eigenvalue weighted by atomic mass is 10.1. The van der Waals surface area contributed by atoms with Crippen LogP contribution in [0.25, 0.3) is 0 Å². The zero-order valence-corrected chi connectivity index (χ0v) is 18.5. The highest BCUT2D eigenvalue weighted by Gasteiger charge is 2.29. The van der Waals surface area contributed by atoms with E-state index in [0.29, 0.717) is 41.7 Å². The van der Waals surface area contributed by atoms with Gasteiger partial charge < -0.3 is 9.64 Å². The molecule has 0 aromatic heterocycles. The maximum Gasteiger partial charge on any atom is 0.263 e. The van der Waals surface area contributed by atoms with E-state index in [4.69, 9.17) is 27.9 Å². The molecule has 1 N–H and O–H groups in total. The van der Waals surface area contributed by atoms with Crippen LogP contribution in [-0.4, -0.2) is 44.5 Å². The van der Waals surface area contributed by atoms with E-state index in [9.17, 15) is 17.6 Å². The molecule has 1 heterocycles. The number of halogens is 3. The summed E-state index contributed by atoms with van der Waals surface area (Å²) < 4.78 is 46.2. The molecule has 0 spiro atoms. The quantitative estimate of drug-likeness (QED) is 0.689. The molecule has 1 amide bonds. The first-order valence-corrected chi connectivity index (χ1v) is 11.6. The van der Waals surface area contributed by atoms with Crippen LogP contribution in [0.1, 0.15) is 19.8 Å². The average molecular weight is 475 g/mol. The molecule has 0 aliphatic carbocycles. The fourth-order valence-corrected chi connectivity index (χ4v) is 4.77. The Labute approximate surface area is 185 Å². The third kappa shape index (κ3) is 5.63. The van der Waals surface area contributed by atoms with Crippen LogP contribution in [-0.2, 0) is 14.8 Å². The highest BCUT2D eigenvalue weighted by Crippen LogP contribution is 2.27. The zero-order chi connectivity index (χ0) is 21.9. The van der Waals surface area contributed by atoms with Crippen molar-refractivity contribution in [3.05, 3.63) is 58.3 Å². The van der Waals surface area contributed by atoms with Crippen molar-refractivity contribution in [2.75, 3.05) is 13.1 Å². The molecule has 30 heavy (non-hydrogen) atoms. The molecule has 0 radical (unpaired) electrons. The summed E-state index contributed by atoms with van der Waals surface area (Å²) in [7, 11) is -3.75. The minimum Gasteiger partial charge on any atom is -0.481 e. The maximum absolute atomic E-state index is 13.0. The Bertz CT molecular complexity index is 1010. The van der Waals surface area contributed by atoms with Gasteiger partial charge in [0.05, 0.1) is 14.9 Å². The van der Waals surface area contributed by atoms with Gasteiger partial charge in [0.2, 0.25) is 10.0 Å². The molecule has 1 atom stereocenters. The minimum absolute atomic E-state index is 0.00561. The molecule has 0 saturated carbocycles. The van der Waals surface area contributed by atoms with Crippen molar-refractivity contribution in [3.63, 3.8) is 0 Å². The molecule has 1 aliphatic rings. The minimum atomic E-state index is -3.75. The Balaban J connectivity index is 1.53. The first-order chi connectivity index (χ1) is 14.2. The van der Waals surface area contributed by atoms with Crippen molar-refractivity contribution in [3.8, 4) is 5.75 Å². The smallest absolute Gasteiger partial charge is 0.263 e.